The van der Waals surface area contributed by atoms with Crippen LogP contribution in [0.1, 0.15) is 19.8 Å². The van der Waals surface area contributed by atoms with Crippen LogP contribution in [0, 0.1) is 5.92 Å². The normalized spacial score (nSPS) is 18.5. The summed E-state index contributed by atoms with van der Waals surface area (Å²) in [5, 5.41) is 6.81. The van der Waals surface area contributed by atoms with Crippen LogP contribution < -0.4 is 10.6 Å². The number of nitrogens with zero attached hydrogens (tertiary/aromatic N) is 2. The van der Waals surface area contributed by atoms with Crippen molar-refractivity contribution in [3.63, 3.8) is 0 Å². The number of morpholine rings is 1. The summed E-state index contributed by atoms with van der Waals surface area (Å²) in [6, 6.07) is 0. The minimum Gasteiger partial charge on any atom is -0.379 e. The lowest BCUT2D eigenvalue weighted by atomic mass is 10.1. The number of ether oxygens (including phenoxy) is 1. The predicted octanol–water partition coefficient (Wildman–Crippen LogP) is 1.26. The molecule has 1 aliphatic heterocycles. The van der Waals surface area contributed by atoms with Gasteiger partial charge in [-0.1, -0.05) is 6.92 Å². The smallest absolute Gasteiger partial charge is 0.190 e. The number of unbranched alkanes of at least 4 members (excludes halogenated alkanes) is 1. The minimum absolute atomic E-state index is 0.609. The quantitative estimate of drug-likeness (QED) is 0.381. The molecule has 1 heterocycles. The Morgan fingerprint density at radius 2 is 2.05 bits per heavy atom. The molecule has 1 unspecified atom stereocenters. The molecule has 1 rings (SSSR count). The number of guanidine groups is 1. The Balaban J connectivity index is 2.09. The standard InChI is InChI=1S/C15H32N4OS/c1-14(13-19-7-9-20-10-8-19)12-18-15(16-2)17-6-4-5-11-21-3/h14H,4-13H2,1-3H3,(H2,16,17,18). The number of hydrogen-bond acceptors (Lipinski definition) is 4. The summed E-state index contributed by atoms with van der Waals surface area (Å²) in [4.78, 5) is 6.76. The van der Waals surface area contributed by atoms with Crippen LogP contribution in [0.15, 0.2) is 4.99 Å². The Hall–Kier alpha value is -0.460. The maximum atomic E-state index is 5.38. The van der Waals surface area contributed by atoms with Gasteiger partial charge in [0.2, 0.25) is 0 Å². The molecule has 0 aromatic carbocycles. The van der Waals surface area contributed by atoms with Crippen LogP contribution in [0.2, 0.25) is 0 Å². The van der Waals surface area contributed by atoms with E-state index in [1.54, 1.807) is 0 Å². The second-order valence-corrected chi connectivity index (χ2v) is 6.58. The maximum absolute atomic E-state index is 5.38. The fraction of sp³-hybridized carbons (Fsp3) is 0.933. The molecule has 0 bridgehead atoms. The van der Waals surface area contributed by atoms with Gasteiger partial charge < -0.3 is 15.4 Å². The highest BCUT2D eigenvalue weighted by atomic mass is 32.2. The van der Waals surface area contributed by atoms with Crippen molar-refractivity contribution in [3.05, 3.63) is 0 Å². The van der Waals surface area contributed by atoms with Crippen molar-refractivity contribution >= 4 is 17.7 Å². The van der Waals surface area contributed by atoms with Gasteiger partial charge in [-0.2, -0.15) is 11.8 Å². The molecule has 1 aliphatic rings. The fourth-order valence-corrected chi connectivity index (χ4v) is 2.85. The molecule has 2 N–H and O–H groups in total. The molecule has 0 aromatic heterocycles. The Labute approximate surface area is 134 Å². The molecule has 124 valence electrons. The van der Waals surface area contributed by atoms with Crippen molar-refractivity contribution in [1.82, 2.24) is 15.5 Å². The molecular formula is C15H32N4OS. The van der Waals surface area contributed by atoms with Crippen LogP contribution in [0.3, 0.4) is 0 Å². The monoisotopic (exact) mass is 316 g/mol. The zero-order chi connectivity index (χ0) is 15.3. The average molecular weight is 317 g/mol. The first-order chi connectivity index (χ1) is 10.3. The van der Waals surface area contributed by atoms with Crippen molar-refractivity contribution in [2.75, 3.05) is 65.0 Å². The molecule has 1 saturated heterocycles. The van der Waals surface area contributed by atoms with Gasteiger partial charge in [0.15, 0.2) is 5.96 Å². The van der Waals surface area contributed by atoms with E-state index < -0.39 is 0 Å². The molecule has 6 heteroatoms. The van der Waals surface area contributed by atoms with E-state index in [1.807, 2.05) is 18.8 Å². The van der Waals surface area contributed by atoms with Gasteiger partial charge in [0, 0.05) is 39.8 Å². The summed E-state index contributed by atoms with van der Waals surface area (Å²) in [6.07, 6.45) is 4.62. The summed E-state index contributed by atoms with van der Waals surface area (Å²) in [6.45, 7) is 9.24. The largest absolute Gasteiger partial charge is 0.379 e. The van der Waals surface area contributed by atoms with Gasteiger partial charge in [-0.3, -0.25) is 9.89 Å². The van der Waals surface area contributed by atoms with Crippen LogP contribution >= 0.6 is 11.8 Å². The average Bonchev–Trinajstić information content (AvgIpc) is 2.51. The van der Waals surface area contributed by atoms with Gasteiger partial charge >= 0.3 is 0 Å². The van der Waals surface area contributed by atoms with E-state index >= 15 is 0 Å². The van der Waals surface area contributed by atoms with Crippen LogP contribution in [0.4, 0.5) is 0 Å². The molecule has 21 heavy (non-hydrogen) atoms. The van der Waals surface area contributed by atoms with Gasteiger partial charge in [-0.25, -0.2) is 0 Å². The highest BCUT2D eigenvalue weighted by Gasteiger charge is 2.13. The van der Waals surface area contributed by atoms with E-state index in [2.05, 4.69) is 33.7 Å². The third-order valence-electron chi connectivity index (χ3n) is 3.58. The highest BCUT2D eigenvalue weighted by Crippen LogP contribution is 2.02. The number of hydrogen-bond donors (Lipinski definition) is 2. The second-order valence-electron chi connectivity index (χ2n) is 5.60. The number of aliphatic imine (C=N–C) groups is 1. The first-order valence-corrected chi connectivity index (χ1v) is 9.39. The summed E-state index contributed by atoms with van der Waals surface area (Å²) in [7, 11) is 1.84. The first kappa shape index (κ1) is 18.6. The van der Waals surface area contributed by atoms with Crippen molar-refractivity contribution in [3.8, 4) is 0 Å². The van der Waals surface area contributed by atoms with Crippen molar-refractivity contribution in [1.29, 1.82) is 0 Å². The fourth-order valence-electron chi connectivity index (χ4n) is 2.36. The van der Waals surface area contributed by atoms with Gasteiger partial charge in [0.25, 0.3) is 0 Å². The summed E-state index contributed by atoms with van der Waals surface area (Å²) >= 11 is 1.91. The minimum atomic E-state index is 0.609. The molecule has 0 radical (unpaired) electrons. The Morgan fingerprint density at radius 3 is 2.71 bits per heavy atom. The zero-order valence-electron chi connectivity index (χ0n) is 13.9. The predicted molar refractivity (Wildman–Crippen MR) is 93.4 cm³/mol. The summed E-state index contributed by atoms with van der Waals surface area (Å²) in [5.74, 6) is 2.77. The molecule has 0 aromatic rings. The lowest BCUT2D eigenvalue weighted by molar-refractivity contribution is 0.0320. The van der Waals surface area contributed by atoms with Crippen LogP contribution in [-0.4, -0.2) is 75.9 Å². The third kappa shape index (κ3) is 9.22. The Morgan fingerprint density at radius 1 is 1.29 bits per heavy atom. The van der Waals surface area contributed by atoms with Gasteiger partial charge in [0.05, 0.1) is 13.2 Å². The molecule has 1 atom stereocenters. The summed E-state index contributed by atoms with van der Waals surface area (Å²) < 4.78 is 5.38. The van der Waals surface area contributed by atoms with E-state index in [1.165, 1.54) is 18.6 Å². The van der Waals surface area contributed by atoms with Gasteiger partial charge in [-0.05, 0) is 30.8 Å². The molecule has 0 spiro atoms. The number of nitrogens with one attached hydrogen (secondary N) is 2. The van der Waals surface area contributed by atoms with Crippen molar-refractivity contribution in [2.24, 2.45) is 10.9 Å². The van der Waals surface area contributed by atoms with E-state index in [9.17, 15) is 0 Å². The number of rotatable bonds is 9. The van der Waals surface area contributed by atoms with E-state index in [4.69, 9.17) is 4.74 Å². The maximum Gasteiger partial charge on any atom is 0.190 e. The van der Waals surface area contributed by atoms with Crippen LogP contribution in [-0.2, 0) is 4.74 Å². The Bertz CT molecular complexity index is 283. The van der Waals surface area contributed by atoms with E-state index in [-0.39, 0.29) is 0 Å². The van der Waals surface area contributed by atoms with E-state index in [0.717, 1.165) is 51.9 Å². The lowest BCUT2D eigenvalue weighted by Crippen LogP contribution is -2.44. The third-order valence-corrected chi connectivity index (χ3v) is 4.28. The van der Waals surface area contributed by atoms with Crippen molar-refractivity contribution < 1.29 is 4.74 Å². The zero-order valence-corrected chi connectivity index (χ0v) is 14.7. The molecule has 0 saturated carbocycles. The summed E-state index contributed by atoms with van der Waals surface area (Å²) in [5.41, 5.74) is 0. The molecule has 0 aliphatic carbocycles. The van der Waals surface area contributed by atoms with Crippen LogP contribution in [0.25, 0.3) is 0 Å². The lowest BCUT2D eigenvalue weighted by Gasteiger charge is -2.29. The molecular weight excluding hydrogens is 284 g/mol. The molecule has 5 nitrogen and oxygen atoms in total. The van der Waals surface area contributed by atoms with Crippen LogP contribution in [0.5, 0.6) is 0 Å². The van der Waals surface area contributed by atoms with Gasteiger partial charge in [0.1, 0.15) is 0 Å². The first-order valence-electron chi connectivity index (χ1n) is 7.99. The number of thioether (sulfide) groups is 1. The highest BCUT2D eigenvalue weighted by molar-refractivity contribution is 7.98. The van der Waals surface area contributed by atoms with E-state index in [0.29, 0.717) is 5.92 Å². The topological polar surface area (TPSA) is 48.9 Å². The second kappa shape index (κ2) is 12.1. The molecule has 0 amide bonds. The van der Waals surface area contributed by atoms with Crippen molar-refractivity contribution in [2.45, 2.75) is 19.8 Å². The SMILES string of the molecule is CN=C(NCCCCSC)NCC(C)CN1CCOCC1. The van der Waals surface area contributed by atoms with Gasteiger partial charge in [-0.15, -0.1) is 0 Å². The Kier molecular flexibility index (Phi) is 10.7. The molecule has 1 fully saturated rings.